The zero-order chi connectivity index (χ0) is 18.1. The molecule has 1 aliphatic heterocycles. The molecular weight excluding hydrogens is 375 g/mol. The molecule has 5 nitrogen and oxygen atoms in total. The summed E-state index contributed by atoms with van der Waals surface area (Å²) in [5.74, 6) is -0.364. The minimum atomic E-state index is -0.963. The number of halogens is 2. The Morgan fingerprint density at radius 2 is 2.04 bits per heavy atom. The molecule has 2 aromatic carbocycles. The maximum atomic E-state index is 14.6. The van der Waals surface area contributed by atoms with Gasteiger partial charge in [0.25, 0.3) is 0 Å². The maximum absolute atomic E-state index is 14.6. The van der Waals surface area contributed by atoms with E-state index in [4.69, 9.17) is 21.6 Å². The van der Waals surface area contributed by atoms with Crippen molar-refractivity contribution >= 4 is 23.4 Å². The van der Waals surface area contributed by atoms with Crippen LogP contribution < -0.4 is 0 Å². The fourth-order valence-corrected chi connectivity index (χ4v) is 3.73. The zero-order valence-corrected chi connectivity index (χ0v) is 14.9. The van der Waals surface area contributed by atoms with Crippen molar-refractivity contribution in [1.29, 1.82) is 5.26 Å². The van der Waals surface area contributed by atoms with Crippen molar-refractivity contribution in [2.75, 3.05) is 0 Å². The van der Waals surface area contributed by atoms with Crippen molar-refractivity contribution < 1.29 is 9.13 Å². The van der Waals surface area contributed by atoms with E-state index in [2.05, 4.69) is 10.1 Å². The average Bonchev–Trinajstić information content (AvgIpc) is 3.19. The van der Waals surface area contributed by atoms with E-state index in [9.17, 15) is 4.39 Å². The second-order valence-corrected chi connectivity index (χ2v) is 6.94. The lowest BCUT2D eigenvalue weighted by atomic mass is 9.91. The molecule has 0 bridgehead atoms. The van der Waals surface area contributed by atoms with Gasteiger partial charge in [0.1, 0.15) is 29.3 Å². The third kappa shape index (κ3) is 2.86. The van der Waals surface area contributed by atoms with Gasteiger partial charge in [0.05, 0.1) is 6.54 Å². The molecule has 0 aliphatic carbocycles. The molecule has 1 aromatic heterocycles. The van der Waals surface area contributed by atoms with Crippen LogP contribution in [0.4, 0.5) is 4.39 Å². The summed E-state index contributed by atoms with van der Waals surface area (Å²) >= 11 is 7.22. The highest BCUT2D eigenvalue weighted by Crippen LogP contribution is 2.59. The van der Waals surface area contributed by atoms with Gasteiger partial charge in [-0.25, -0.2) is 14.1 Å². The Morgan fingerprint density at radius 3 is 2.81 bits per heavy atom. The third-order valence-corrected chi connectivity index (χ3v) is 5.25. The lowest BCUT2D eigenvalue weighted by Crippen LogP contribution is -2.22. The SMILES string of the molecule is N#CSc1ncnn1C[C@]1(c2ccccc2F)O[C@@H]1c1ccccc1Cl. The number of nitrogens with zero attached hydrogens (tertiary/aromatic N) is 4. The van der Waals surface area contributed by atoms with Gasteiger partial charge >= 0.3 is 0 Å². The number of nitriles is 1. The lowest BCUT2D eigenvalue weighted by molar-refractivity contribution is 0.251. The molecule has 130 valence electrons. The zero-order valence-electron chi connectivity index (χ0n) is 13.3. The largest absolute Gasteiger partial charge is 0.354 e. The summed E-state index contributed by atoms with van der Waals surface area (Å²) < 4.78 is 22.2. The molecule has 1 aliphatic rings. The van der Waals surface area contributed by atoms with Crippen molar-refractivity contribution in [2.24, 2.45) is 0 Å². The molecule has 3 aromatic rings. The van der Waals surface area contributed by atoms with Gasteiger partial charge in [-0.2, -0.15) is 10.4 Å². The number of epoxide rings is 1. The van der Waals surface area contributed by atoms with Gasteiger partial charge in [-0.15, -0.1) is 0 Å². The van der Waals surface area contributed by atoms with Crippen LogP contribution in [0.15, 0.2) is 60.0 Å². The van der Waals surface area contributed by atoms with E-state index in [0.717, 1.165) is 17.3 Å². The fraction of sp³-hybridized carbons (Fsp3) is 0.167. The normalized spacial score (nSPS) is 21.3. The van der Waals surface area contributed by atoms with Crippen LogP contribution >= 0.6 is 23.4 Å². The van der Waals surface area contributed by atoms with Gasteiger partial charge in [0, 0.05) is 27.9 Å². The summed E-state index contributed by atoms with van der Waals surface area (Å²) in [4.78, 5) is 4.07. The van der Waals surface area contributed by atoms with Crippen LogP contribution in [0.5, 0.6) is 0 Å². The monoisotopic (exact) mass is 386 g/mol. The van der Waals surface area contributed by atoms with Crippen LogP contribution in [-0.2, 0) is 16.9 Å². The Bertz CT molecular complexity index is 1000. The second kappa shape index (κ2) is 6.72. The highest BCUT2D eigenvalue weighted by atomic mass is 35.5. The Hall–Kier alpha value is -2.40. The molecule has 0 saturated carbocycles. The number of thiocyanates is 1. The van der Waals surface area contributed by atoms with Crippen LogP contribution in [0.1, 0.15) is 17.2 Å². The molecular formula is C18H12ClFN4OS. The Kier molecular flexibility index (Phi) is 4.41. The summed E-state index contributed by atoms with van der Waals surface area (Å²) in [6.45, 7) is 0.216. The van der Waals surface area contributed by atoms with E-state index in [0.29, 0.717) is 15.7 Å². The summed E-state index contributed by atoms with van der Waals surface area (Å²) in [5, 5.41) is 16.1. The smallest absolute Gasteiger partial charge is 0.200 e. The van der Waals surface area contributed by atoms with Gasteiger partial charge in [-0.1, -0.05) is 48.0 Å². The summed E-state index contributed by atoms with van der Waals surface area (Å²) in [6, 6.07) is 13.8. The van der Waals surface area contributed by atoms with Crippen molar-refractivity contribution in [2.45, 2.75) is 23.4 Å². The number of rotatable bonds is 5. The van der Waals surface area contributed by atoms with Crippen LogP contribution in [-0.4, -0.2) is 14.8 Å². The number of hydrogen-bond donors (Lipinski definition) is 0. The maximum Gasteiger partial charge on any atom is 0.200 e. The first-order valence-electron chi connectivity index (χ1n) is 7.77. The summed E-state index contributed by atoms with van der Waals surface area (Å²) in [6.07, 6.45) is 0.943. The first kappa shape index (κ1) is 17.0. The predicted octanol–water partition coefficient (Wildman–Crippen LogP) is 4.31. The quantitative estimate of drug-likeness (QED) is 0.371. The molecule has 2 heterocycles. The number of aromatic nitrogens is 3. The van der Waals surface area contributed by atoms with Crippen LogP contribution in [0.3, 0.4) is 0 Å². The molecule has 26 heavy (non-hydrogen) atoms. The predicted molar refractivity (Wildman–Crippen MR) is 94.8 cm³/mol. The third-order valence-electron chi connectivity index (χ3n) is 4.31. The van der Waals surface area contributed by atoms with Gasteiger partial charge in [-0.05, 0) is 12.1 Å². The van der Waals surface area contributed by atoms with E-state index < -0.39 is 11.7 Å². The Balaban J connectivity index is 1.78. The molecule has 1 saturated heterocycles. The van der Waals surface area contributed by atoms with Gasteiger partial charge < -0.3 is 4.74 Å². The molecule has 0 radical (unpaired) electrons. The van der Waals surface area contributed by atoms with Crippen molar-refractivity contribution in [3.63, 3.8) is 0 Å². The van der Waals surface area contributed by atoms with E-state index in [1.54, 1.807) is 28.9 Å². The number of thioether (sulfide) groups is 1. The number of hydrogen-bond acceptors (Lipinski definition) is 5. The second-order valence-electron chi connectivity index (χ2n) is 5.78. The molecule has 0 amide bonds. The molecule has 2 atom stereocenters. The highest BCUT2D eigenvalue weighted by molar-refractivity contribution is 8.03. The minimum Gasteiger partial charge on any atom is -0.354 e. The Labute approximate surface area is 158 Å². The molecule has 1 fully saturated rings. The van der Waals surface area contributed by atoms with Crippen LogP contribution in [0.2, 0.25) is 5.02 Å². The molecule has 8 heteroatoms. The van der Waals surface area contributed by atoms with E-state index in [-0.39, 0.29) is 12.4 Å². The van der Waals surface area contributed by atoms with E-state index in [1.807, 2.05) is 23.6 Å². The van der Waals surface area contributed by atoms with Gasteiger partial charge in [0.2, 0.25) is 5.16 Å². The Morgan fingerprint density at radius 1 is 1.27 bits per heavy atom. The first-order valence-corrected chi connectivity index (χ1v) is 8.96. The van der Waals surface area contributed by atoms with Crippen molar-refractivity contribution in [3.8, 4) is 5.40 Å². The number of benzene rings is 2. The van der Waals surface area contributed by atoms with Gasteiger partial charge in [-0.3, -0.25) is 0 Å². The topological polar surface area (TPSA) is 67.0 Å². The first-order chi connectivity index (χ1) is 12.7. The summed E-state index contributed by atoms with van der Waals surface area (Å²) in [5.41, 5.74) is 0.245. The highest BCUT2D eigenvalue weighted by Gasteiger charge is 2.61. The van der Waals surface area contributed by atoms with Crippen LogP contribution in [0, 0.1) is 16.5 Å². The molecule has 0 spiro atoms. The van der Waals surface area contributed by atoms with Crippen LogP contribution in [0.25, 0.3) is 0 Å². The number of ether oxygens (including phenoxy) is 1. The molecule has 0 unspecified atom stereocenters. The summed E-state index contributed by atoms with van der Waals surface area (Å²) in [7, 11) is 0. The van der Waals surface area contributed by atoms with E-state index in [1.165, 1.54) is 12.4 Å². The standard InChI is InChI=1S/C18H12ClFN4OS/c19-14-7-3-1-5-12(14)16-18(25-16,13-6-2-4-8-15(13)20)9-24-17(26-10-21)22-11-23-24/h1-8,11,16H,9H2/t16-,18-/m1/s1. The van der Waals surface area contributed by atoms with Crippen molar-refractivity contribution in [3.05, 3.63) is 76.8 Å². The molecule has 0 N–H and O–H groups in total. The minimum absolute atomic E-state index is 0.216. The lowest BCUT2D eigenvalue weighted by Gasteiger charge is -2.16. The van der Waals surface area contributed by atoms with Gasteiger partial charge in [0.15, 0.2) is 0 Å². The molecule has 4 rings (SSSR count). The average molecular weight is 387 g/mol. The fourth-order valence-electron chi connectivity index (χ4n) is 3.10. The van der Waals surface area contributed by atoms with E-state index >= 15 is 0 Å². The van der Waals surface area contributed by atoms with Crippen molar-refractivity contribution in [1.82, 2.24) is 14.8 Å².